The molecule has 15 heavy (non-hydrogen) atoms. The first-order chi connectivity index (χ1) is 7.40. The summed E-state index contributed by atoms with van der Waals surface area (Å²) in [4.78, 5) is 8.00. The van der Waals surface area contributed by atoms with Crippen LogP contribution in [-0.4, -0.2) is 17.0 Å². The van der Waals surface area contributed by atoms with Crippen LogP contribution in [0.25, 0.3) is 0 Å². The Hall–Kier alpha value is -1.68. The Morgan fingerprint density at radius 2 is 2.20 bits per heavy atom. The summed E-state index contributed by atoms with van der Waals surface area (Å²) in [5.41, 5.74) is 1.07. The molecular weight excluding hydrogens is 190 g/mol. The monoisotopic (exact) mass is 203 g/mol. The number of nitrogens with one attached hydrogen (secondary N) is 1. The van der Waals surface area contributed by atoms with E-state index in [2.05, 4.69) is 15.3 Å². The van der Waals surface area contributed by atoms with Crippen LogP contribution in [0.4, 0.5) is 0 Å². The molecular formula is C11H13N3O. The van der Waals surface area contributed by atoms with Gasteiger partial charge in [-0.3, -0.25) is 0 Å². The highest BCUT2D eigenvalue weighted by atomic mass is 16.3. The van der Waals surface area contributed by atoms with E-state index in [0.29, 0.717) is 0 Å². The number of furan rings is 1. The first-order valence-corrected chi connectivity index (χ1v) is 4.84. The number of rotatable bonds is 4. The maximum absolute atomic E-state index is 5.31. The SMILES string of the molecule is CNC(Cc1ccco1)c1cncnc1. The van der Waals surface area contributed by atoms with Gasteiger partial charge in [-0.25, -0.2) is 9.97 Å². The lowest BCUT2D eigenvalue weighted by Crippen LogP contribution is -2.18. The maximum Gasteiger partial charge on any atom is 0.115 e. The molecule has 4 heteroatoms. The molecule has 2 aromatic rings. The van der Waals surface area contributed by atoms with Crippen LogP contribution < -0.4 is 5.32 Å². The van der Waals surface area contributed by atoms with Crippen molar-refractivity contribution in [2.24, 2.45) is 0 Å². The summed E-state index contributed by atoms with van der Waals surface area (Å²) >= 11 is 0. The molecule has 0 aliphatic rings. The molecule has 0 aliphatic heterocycles. The summed E-state index contributed by atoms with van der Waals surface area (Å²) in [5, 5.41) is 3.22. The molecule has 0 amide bonds. The van der Waals surface area contributed by atoms with Gasteiger partial charge in [0.05, 0.1) is 6.26 Å². The summed E-state index contributed by atoms with van der Waals surface area (Å²) < 4.78 is 5.31. The molecule has 0 saturated carbocycles. The fraction of sp³-hybridized carbons (Fsp3) is 0.273. The average Bonchev–Trinajstić information content (AvgIpc) is 2.80. The minimum Gasteiger partial charge on any atom is -0.469 e. The standard InChI is InChI=1S/C11H13N3O/c1-12-11(5-10-3-2-4-15-10)9-6-13-8-14-7-9/h2-4,6-8,11-12H,5H2,1H3. The minimum atomic E-state index is 0.192. The Morgan fingerprint density at radius 3 is 2.80 bits per heavy atom. The zero-order valence-electron chi connectivity index (χ0n) is 8.55. The van der Waals surface area contributed by atoms with Crippen molar-refractivity contribution >= 4 is 0 Å². The predicted molar refractivity (Wildman–Crippen MR) is 56.2 cm³/mol. The first kappa shape index (κ1) is 9.86. The van der Waals surface area contributed by atoms with Crippen LogP contribution in [0.3, 0.4) is 0 Å². The Morgan fingerprint density at radius 1 is 1.40 bits per heavy atom. The van der Waals surface area contributed by atoms with Crippen molar-refractivity contribution in [1.82, 2.24) is 15.3 Å². The minimum absolute atomic E-state index is 0.192. The maximum atomic E-state index is 5.31. The molecule has 2 heterocycles. The number of hydrogen-bond donors (Lipinski definition) is 1. The van der Waals surface area contributed by atoms with Gasteiger partial charge in [-0.05, 0) is 19.2 Å². The van der Waals surface area contributed by atoms with Crippen LogP contribution in [0, 0.1) is 0 Å². The lowest BCUT2D eigenvalue weighted by atomic mass is 10.1. The van der Waals surface area contributed by atoms with Gasteiger partial charge < -0.3 is 9.73 Å². The largest absolute Gasteiger partial charge is 0.469 e. The molecule has 1 N–H and O–H groups in total. The van der Waals surface area contributed by atoms with Crippen molar-refractivity contribution in [3.05, 3.63) is 48.4 Å². The Kier molecular flexibility index (Phi) is 3.09. The normalized spacial score (nSPS) is 12.6. The molecule has 1 unspecified atom stereocenters. The van der Waals surface area contributed by atoms with Crippen molar-refractivity contribution in [2.45, 2.75) is 12.5 Å². The zero-order chi connectivity index (χ0) is 10.5. The van der Waals surface area contributed by atoms with E-state index >= 15 is 0 Å². The summed E-state index contributed by atoms with van der Waals surface area (Å²) in [6.07, 6.45) is 7.65. The van der Waals surface area contributed by atoms with E-state index in [1.54, 1.807) is 6.26 Å². The van der Waals surface area contributed by atoms with Gasteiger partial charge in [0, 0.05) is 30.4 Å². The fourth-order valence-electron chi connectivity index (χ4n) is 1.51. The summed E-state index contributed by atoms with van der Waals surface area (Å²) in [7, 11) is 1.92. The second-order valence-electron chi connectivity index (χ2n) is 3.30. The van der Waals surface area contributed by atoms with E-state index in [0.717, 1.165) is 17.7 Å². The molecule has 0 aromatic carbocycles. The lowest BCUT2D eigenvalue weighted by molar-refractivity contribution is 0.465. The average molecular weight is 203 g/mol. The molecule has 0 saturated heterocycles. The molecule has 2 aromatic heterocycles. The van der Waals surface area contributed by atoms with Gasteiger partial charge in [-0.15, -0.1) is 0 Å². The van der Waals surface area contributed by atoms with Gasteiger partial charge in [0.2, 0.25) is 0 Å². The summed E-state index contributed by atoms with van der Waals surface area (Å²) in [5.74, 6) is 0.957. The van der Waals surface area contributed by atoms with Crippen molar-refractivity contribution in [1.29, 1.82) is 0 Å². The van der Waals surface area contributed by atoms with Crippen LogP contribution in [-0.2, 0) is 6.42 Å². The van der Waals surface area contributed by atoms with E-state index in [-0.39, 0.29) is 6.04 Å². The second kappa shape index (κ2) is 4.70. The van der Waals surface area contributed by atoms with Gasteiger partial charge in [-0.2, -0.15) is 0 Å². The topological polar surface area (TPSA) is 51.0 Å². The predicted octanol–water partition coefficient (Wildman–Crippen LogP) is 1.57. The molecule has 0 fully saturated rings. The van der Waals surface area contributed by atoms with Gasteiger partial charge >= 0.3 is 0 Å². The summed E-state index contributed by atoms with van der Waals surface area (Å²) in [6.45, 7) is 0. The van der Waals surface area contributed by atoms with Crippen molar-refractivity contribution in [3.63, 3.8) is 0 Å². The van der Waals surface area contributed by atoms with Crippen LogP contribution >= 0.6 is 0 Å². The number of nitrogens with zero attached hydrogens (tertiary/aromatic N) is 2. The number of likely N-dealkylation sites (N-methyl/N-ethyl adjacent to an activating group) is 1. The highest BCUT2D eigenvalue weighted by molar-refractivity contribution is 5.13. The van der Waals surface area contributed by atoms with Gasteiger partial charge in [0.1, 0.15) is 12.1 Å². The van der Waals surface area contributed by atoms with Gasteiger partial charge in [-0.1, -0.05) is 0 Å². The van der Waals surface area contributed by atoms with E-state index in [9.17, 15) is 0 Å². The highest BCUT2D eigenvalue weighted by Crippen LogP contribution is 2.16. The third-order valence-electron chi connectivity index (χ3n) is 2.32. The quantitative estimate of drug-likeness (QED) is 0.819. The highest BCUT2D eigenvalue weighted by Gasteiger charge is 2.11. The fourth-order valence-corrected chi connectivity index (χ4v) is 1.51. The Labute approximate surface area is 88.4 Å². The van der Waals surface area contributed by atoms with Crippen LogP contribution in [0.1, 0.15) is 17.4 Å². The smallest absolute Gasteiger partial charge is 0.115 e. The molecule has 1 atom stereocenters. The molecule has 2 rings (SSSR count). The van der Waals surface area contributed by atoms with Crippen LogP contribution in [0.5, 0.6) is 0 Å². The number of hydrogen-bond acceptors (Lipinski definition) is 4. The van der Waals surface area contributed by atoms with E-state index < -0.39 is 0 Å². The summed E-state index contributed by atoms with van der Waals surface area (Å²) in [6, 6.07) is 4.05. The first-order valence-electron chi connectivity index (χ1n) is 4.84. The van der Waals surface area contributed by atoms with Gasteiger partial charge in [0.25, 0.3) is 0 Å². The lowest BCUT2D eigenvalue weighted by Gasteiger charge is -2.13. The Bertz CT molecular complexity index is 385. The van der Waals surface area contributed by atoms with Crippen LogP contribution in [0.2, 0.25) is 0 Å². The van der Waals surface area contributed by atoms with E-state index in [4.69, 9.17) is 4.42 Å². The van der Waals surface area contributed by atoms with Crippen molar-refractivity contribution in [3.8, 4) is 0 Å². The third kappa shape index (κ3) is 2.41. The molecule has 0 aliphatic carbocycles. The van der Waals surface area contributed by atoms with Gasteiger partial charge in [0.15, 0.2) is 0 Å². The molecule has 4 nitrogen and oxygen atoms in total. The zero-order valence-corrected chi connectivity index (χ0v) is 8.55. The Balaban J connectivity index is 2.12. The van der Waals surface area contributed by atoms with Crippen molar-refractivity contribution in [2.75, 3.05) is 7.05 Å². The molecule has 0 spiro atoms. The molecule has 0 bridgehead atoms. The third-order valence-corrected chi connectivity index (χ3v) is 2.32. The van der Waals surface area contributed by atoms with Crippen LogP contribution in [0.15, 0.2) is 41.5 Å². The number of aromatic nitrogens is 2. The van der Waals surface area contributed by atoms with E-state index in [1.807, 2.05) is 31.6 Å². The molecule has 78 valence electrons. The van der Waals surface area contributed by atoms with Crippen molar-refractivity contribution < 1.29 is 4.42 Å². The second-order valence-corrected chi connectivity index (χ2v) is 3.30. The van der Waals surface area contributed by atoms with E-state index in [1.165, 1.54) is 6.33 Å². The molecule has 0 radical (unpaired) electrons.